The Morgan fingerprint density at radius 1 is 0.667 bits per heavy atom. The van der Waals surface area contributed by atoms with E-state index in [-0.39, 0.29) is 0 Å². The van der Waals surface area contributed by atoms with Gasteiger partial charge in [-0.3, -0.25) is 33.6 Å². The molecule has 0 saturated carbocycles. The Kier molecular flexibility index (Phi) is 11.3. The molecule has 0 aromatic carbocycles. The largest absolute Gasteiger partial charge is 0.462 e. The molecule has 0 aliphatic carbocycles. The summed E-state index contributed by atoms with van der Waals surface area (Å²) in [6.45, 7) is 4.00. The molecule has 0 saturated heterocycles. The van der Waals surface area contributed by atoms with Crippen LogP contribution in [0.2, 0.25) is 0 Å². The summed E-state index contributed by atoms with van der Waals surface area (Å²) in [5.41, 5.74) is 0. The summed E-state index contributed by atoms with van der Waals surface area (Å²) >= 11 is 5.44. The quantitative estimate of drug-likeness (QED) is 0.186. The van der Waals surface area contributed by atoms with Gasteiger partial charge in [0.2, 0.25) is 5.24 Å². The highest BCUT2D eigenvalue weighted by Crippen LogP contribution is 2.24. The Morgan fingerprint density at radius 2 is 1.13 bits per heavy atom. The van der Waals surface area contributed by atoms with Crippen LogP contribution in [0.1, 0.15) is 34.6 Å². The van der Waals surface area contributed by atoms with Gasteiger partial charge in [0.05, 0.1) is 0 Å². The average molecular weight is 453 g/mol. The first-order valence-electron chi connectivity index (χ1n) is 8.32. The fourth-order valence-electron chi connectivity index (χ4n) is 2.23. The summed E-state index contributed by atoms with van der Waals surface area (Å²) in [5.74, 6) is -8.56. The summed E-state index contributed by atoms with van der Waals surface area (Å²) in [5, 5.41) is -1.43. The molecule has 0 aromatic heterocycles. The minimum Gasteiger partial charge on any atom is -0.462 e. The second kappa shape index (κ2) is 12.5. The number of ether oxygens (including phenoxy) is 5. The molecule has 12 nitrogen and oxygen atoms in total. The van der Waals surface area contributed by atoms with Crippen LogP contribution in [0, 0.1) is 5.92 Å². The van der Waals surface area contributed by atoms with Gasteiger partial charge in [-0.1, -0.05) is 0 Å². The minimum absolute atomic E-state index is 0.699. The number of halogens is 1. The second-order valence-electron chi connectivity index (χ2n) is 5.79. The van der Waals surface area contributed by atoms with E-state index < -0.39 is 71.9 Å². The van der Waals surface area contributed by atoms with Crippen LogP contribution in [0.15, 0.2) is 0 Å². The van der Waals surface area contributed by atoms with Crippen molar-refractivity contribution in [1.82, 2.24) is 0 Å². The Balaban J connectivity index is 6.39. The van der Waals surface area contributed by atoms with Crippen LogP contribution < -0.4 is 0 Å². The molecule has 13 heteroatoms. The molecular weight excluding hydrogens is 432 g/mol. The van der Waals surface area contributed by atoms with Crippen LogP contribution in [-0.2, 0) is 57.2 Å². The molecule has 0 amide bonds. The van der Waals surface area contributed by atoms with E-state index in [9.17, 15) is 33.6 Å². The Hall–Kier alpha value is -3.02. The highest BCUT2D eigenvalue weighted by Gasteiger charge is 2.48. The summed E-state index contributed by atoms with van der Waals surface area (Å²) in [6.07, 6.45) is -5.46. The molecule has 0 aromatic rings. The third-order valence-electron chi connectivity index (χ3n) is 3.13. The van der Waals surface area contributed by atoms with Gasteiger partial charge in [-0.2, -0.15) is 0 Å². The van der Waals surface area contributed by atoms with Crippen molar-refractivity contribution in [3.8, 4) is 0 Å². The van der Waals surface area contributed by atoms with Crippen LogP contribution >= 0.6 is 11.6 Å². The SMILES string of the molecule is CC(=O)OCC(OC(C)=O)C(OC(C)=O)C(OC(C)=O)C(C(=O)Cl)C(=O)OC(C)=O. The lowest BCUT2D eigenvalue weighted by molar-refractivity contribution is -0.197. The number of carbonyl (C=O) groups is 7. The van der Waals surface area contributed by atoms with E-state index in [2.05, 4.69) is 4.74 Å². The first-order valence-corrected chi connectivity index (χ1v) is 8.70. The zero-order valence-electron chi connectivity index (χ0n) is 16.8. The summed E-state index contributed by atoms with van der Waals surface area (Å²) in [6, 6.07) is 0. The summed E-state index contributed by atoms with van der Waals surface area (Å²) in [7, 11) is 0. The van der Waals surface area contributed by atoms with E-state index in [1.54, 1.807) is 0 Å². The number of carbonyl (C=O) groups excluding carboxylic acids is 7. The molecule has 0 bridgehead atoms. The van der Waals surface area contributed by atoms with E-state index in [1.165, 1.54) is 0 Å². The molecule has 4 atom stereocenters. The van der Waals surface area contributed by atoms with Gasteiger partial charge in [0.25, 0.3) is 0 Å². The van der Waals surface area contributed by atoms with Gasteiger partial charge in [-0.05, 0) is 11.6 Å². The van der Waals surface area contributed by atoms with E-state index in [0.717, 1.165) is 34.6 Å². The normalized spacial score (nSPS) is 14.2. The third kappa shape index (κ3) is 9.96. The molecule has 0 spiro atoms. The highest BCUT2D eigenvalue weighted by atomic mass is 35.5. The van der Waals surface area contributed by atoms with Crippen LogP contribution in [0.5, 0.6) is 0 Å². The van der Waals surface area contributed by atoms with E-state index in [0.29, 0.717) is 0 Å². The van der Waals surface area contributed by atoms with Gasteiger partial charge >= 0.3 is 35.8 Å². The smallest absolute Gasteiger partial charge is 0.329 e. The second-order valence-corrected chi connectivity index (χ2v) is 6.17. The van der Waals surface area contributed by atoms with E-state index in [4.69, 9.17) is 30.5 Å². The maximum absolute atomic E-state index is 12.2. The molecule has 0 fully saturated rings. The van der Waals surface area contributed by atoms with E-state index in [1.807, 2.05) is 0 Å². The zero-order chi connectivity index (χ0) is 23.6. The van der Waals surface area contributed by atoms with Crippen LogP contribution in [0.4, 0.5) is 0 Å². The first kappa shape index (κ1) is 27.0. The van der Waals surface area contributed by atoms with Crippen LogP contribution in [0.25, 0.3) is 0 Å². The fourth-order valence-corrected chi connectivity index (χ4v) is 2.45. The molecule has 0 aliphatic heterocycles. The van der Waals surface area contributed by atoms with Crippen LogP contribution in [-0.4, -0.2) is 66.0 Å². The minimum atomic E-state index is -2.15. The lowest BCUT2D eigenvalue weighted by Crippen LogP contribution is -2.53. The zero-order valence-corrected chi connectivity index (χ0v) is 17.5. The van der Waals surface area contributed by atoms with Gasteiger partial charge < -0.3 is 23.7 Å². The predicted molar refractivity (Wildman–Crippen MR) is 94.4 cm³/mol. The maximum atomic E-state index is 12.2. The van der Waals surface area contributed by atoms with Gasteiger partial charge in [0, 0.05) is 34.6 Å². The lowest BCUT2D eigenvalue weighted by atomic mass is 9.95. The monoisotopic (exact) mass is 452 g/mol. The van der Waals surface area contributed by atoms with Crippen molar-refractivity contribution < 1.29 is 57.2 Å². The molecule has 0 rings (SSSR count). The van der Waals surface area contributed by atoms with Crippen molar-refractivity contribution in [2.24, 2.45) is 5.92 Å². The van der Waals surface area contributed by atoms with E-state index >= 15 is 0 Å². The maximum Gasteiger partial charge on any atom is 0.329 e. The Labute approximate surface area is 176 Å². The molecule has 0 heterocycles. The van der Waals surface area contributed by atoms with Crippen molar-refractivity contribution in [2.75, 3.05) is 6.61 Å². The molecular formula is C17H21ClO12. The lowest BCUT2D eigenvalue weighted by Gasteiger charge is -2.33. The third-order valence-corrected chi connectivity index (χ3v) is 3.37. The fraction of sp³-hybridized carbons (Fsp3) is 0.588. The van der Waals surface area contributed by atoms with Crippen molar-refractivity contribution in [2.45, 2.75) is 52.9 Å². The van der Waals surface area contributed by atoms with Crippen molar-refractivity contribution in [1.29, 1.82) is 0 Å². The first-order chi connectivity index (χ1) is 13.8. The highest BCUT2D eigenvalue weighted by molar-refractivity contribution is 6.65. The number of hydrogen-bond donors (Lipinski definition) is 0. The number of hydrogen-bond acceptors (Lipinski definition) is 12. The number of esters is 6. The molecule has 4 unspecified atom stereocenters. The Bertz CT molecular complexity index is 716. The summed E-state index contributed by atoms with van der Waals surface area (Å²) in [4.78, 5) is 81.1. The predicted octanol–water partition coefficient (Wildman–Crippen LogP) is -0.184. The molecule has 30 heavy (non-hydrogen) atoms. The molecule has 0 N–H and O–H groups in total. The molecule has 0 radical (unpaired) electrons. The molecule has 168 valence electrons. The van der Waals surface area contributed by atoms with Gasteiger partial charge in [-0.25, -0.2) is 0 Å². The molecule has 0 aliphatic rings. The summed E-state index contributed by atoms with van der Waals surface area (Å²) < 4.78 is 24.0. The topological polar surface area (TPSA) is 166 Å². The van der Waals surface area contributed by atoms with Crippen LogP contribution in [0.3, 0.4) is 0 Å². The average Bonchev–Trinajstić information content (AvgIpc) is 2.53. The standard InChI is InChI=1S/C17H21ClO12/c1-7(19)26-6-12(27-8(2)20)14(28-9(3)21)15(29-10(4)22)13(16(18)24)17(25)30-11(5)23/h12-15H,6H2,1-5H3. The Morgan fingerprint density at radius 3 is 1.50 bits per heavy atom. The van der Waals surface area contributed by atoms with Crippen molar-refractivity contribution >= 4 is 52.7 Å². The van der Waals surface area contributed by atoms with Gasteiger partial charge in [0.1, 0.15) is 6.61 Å². The van der Waals surface area contributed by atoms with Crippen molar-refractivity contribution in [3.63, 3.8) is 0 Å². The number of rotatable bonds is 10. The van der Waals surface area contributed by atoms with Gasteiger partial charge in [0.15, 0.2) is 24.2 Å². The van der Waals surface area contributed by atoms with Crippen molar-refractivity contribution in [3.05, 3.63) is 0 Å². The van der Waals surface area contributed by atoms with Gasteiger partial charge in [-0.15, -0.1) is 0 Å².